The molecule has 41 heavy (non-hydrogen) atoms. The highest BCUT2D eigenvalue weighted by Gasteiger charge is 2.32. The summed E-state index contributed by atoms with van der Waals surface area (Å²) in [6, 6.07) is 22.8. The van der Waals surface area contributed by atoms with E-state index < -0.39 is 5.97 Å². The van der Waals surface area contributed by atoms with Crippen LogP contribution < -0.4 is 9.47 Å². The maximum atomic E-state index is 13.0. The molecule has 2 fully saturated rings. The van der Waals surface area contributed by atoms with Gasteiger partial charge in [-0.25, -0.2) is 4.99 Å². The number of benzene rings is 3. The van der Waals surface area contributed by atoms with Crippen LogP contribution in [0.25, 0.3) is 6.08 Å². The Hall–Kier alpha value is -4.04. The van der Waals surface area contributed by atoms with Crippen LogP contribution in [0, 0.1) is 0 Å². The molecule has 0 bridgehead atoms. The van der Waals surface area contributed by atoms with Gasteiger partial charge in [-0.15, -0.1) is 0 Å². The summed E-state index contributed by atoms with van der Waals surface area (Å²) >= 11 is 1.33. The van der Waals surface area contributed by atoms with E-state index >= 15 is 0 Å². The Labute approximate surface area is 244 Å². The molecule has 1 N–H and O–H groups in total. The summed E-state index contributed by atoms with van der Waals surface area (Å²) in [6.07, 6.45) is 8.26. The number of ether oxygens (including phenoxy) is 2. The predicted molar refractivity (Wildman–Crippen MR) is 163 cm³/mol. The molecular formula is C33H34N2O5S. The first kappa shape index (κ1) is 28.5. The third-order valence-corrected chi connectivity index (χ3v) is 8.09. The minimum absolute atomic E-state index is 0.0369. The summed E-state index contributed by atoms with van der Waals surface area (Å²) in [5.41, 5.74) is 3.34. The number of carbonyl (C=O) groups excluding carboxylic acids is 1. The first-order chi connectivity index (χ1) is 20.0. The largest absolute Gasteiger partial charge is 0.490 e. The van der Waals surface area contributed by atoms with Crippen molar-refractivity contribution in [2.24, 2.45) is 4.99 Å². The standard InChI is InChI=1S/C33H34N2O5S/c1-2-35-32(38)30(41-33(35)34-26-14-8-24(9-15-26)21-31(36)37)20-23-10-16-27(17-11-23)39-22-25-12-18-29(19-13-25)40-28-6-4-3-5-7-28/h8-20,28H,2-7,21-22H2,1H3,(H,36,37). The van der Waals surface area contributed by atoms with Gasteiger partial charge in [0, 0.05) is 6.54 Å². The number of aliphatic carboxylic acids is 1. The van der Waals surface area contributed by atoms with E-state index in [-0.39, 0.29) is 12.3 Å². The molecule has 3 aromatic rings. The Balaban J connectivity index is 1.18. The molecule has 0 spiro atoms. The van der Waals surface area contributed by atoms with Crippen molar-refractivity contribution < 1.29 is 24.2 Å². The van der Waals surface area contributed by atoms with Crippen molar-refractivity contribution in [2.45, 2.75) is 58.2 Å². The van der Waals surface area contributed by atoms with Crippen LogP contribution in [0.2, 0.25) is 0 Å². The van der Waals surface area contributed by atoms with Gasteiger partial charge < -0.3 is 14.6 Å². The highest BCUT2D eigenvalue weighted by atomic mass is 32.2. The van der Waals surface area contributed by atoms with Crippen LogP contribution in [0.3, 0.4) is 0 Å². The molecule has 8 heteroatoms. The first-order valence-electron chi connectivity index (χ1n) is 14.1. The van der Waals surface area contributed by atoms with Crippen LogP contribution >= 0.6 is 11.8 Å². The normalized spacial score (nSPS) is 17.8. The zero-order chi connectivity index (χ0) is 28.6. The summed E-state index contributed by atoms with van der Waals surface area (Å²) in [4.78, 5) is 30.8. The number of likely N-dealkylation sites (N-methyl/N-ethyl adjacent to an activating group) is 1. The highest BCUT2D eigenvalue weighted by molar-refractivity contribution is 8.18. The summed E-state index contributed by atoms with van der Waals surface area (Å²) in [7, 11) is 0. The molecule has 0 radical (unpaired) electrons. The second-order valence-corrected chi connectivity index (χ2v) is 11.2. The van der Waals surface area contributed by atoms with Gasteiger partial charge in [-0.1, -0.05) is 42.8 Å². The minimum atomic E-state index is -0.877. The molecule has 3 aromatic carbocycles. The summed E-state index contributed by atoms with van der Waals surface area (Å²) < 4.78 is 12.1. The van der Waals surface area contributed by atoms with Crippen LogP contribution in [0.15, 0.2) is 82.7 Å². The van der Waals surface area contributed by atoms with Gasteiger partial charge in [-0.2, -0.15) is 0 Å². The molecule has 2 aliphatic rings. The number of carbonyl (C=O) groups is 2. The zero-order valence-electron chi connectivity index (χ0n) is 23.1. The molecule has 0 atom stereocenters. The van der Waals surface area contributed by atoms with Crippen molar-refractivity contribution in [1.82, 2.24) is 4.90 Å². The van der Waals surface area contributed by atoms with Gasteiger partial charge in [0.15, 0.2) is 5.17 Å². The van der Waals surface area contributed by atoms with E-state index in [0.717, 1.165) is 35.5 Å². The number of hydrogen-bond acceptors (Lipinski definition) is 6. The Morgan fingerprint density at radius 2 is 1.61 bits per heavy atom. The molecular weight excluding hydrogens is 536 g/mol. The van der Waals surface area contributed by atoms with Crippen LogP contribution in [-0.2, 0) is 22.6 Å². The van der Waals surface area contributed by atoms with Gasteiger partial charge in [0.2, 0.25) is 0 Å². The van der Waals surface area contributed by atoms with Crippen LogP contribution in [0.4, 0.5) is 5.69 Å². The van der Waals surface area contributed by atoms with Crippen LogP contribution in [-0.4, -0.2) is 39.7 Å². The number of amides is 1. The van der Waals surface area contributed by atoms with Crippen molar-refractivity contribution in [1.29, 1.82) is 0 Å². The molecule has 1 aliphatic carbocycles. The number of rotatable bonds is 10. The third kappa shape index (κ3) is 7.79. The van der Waals surface area contributed by atoms with E-state index in [9.17, 15) is 9.59 Å². The van der Waals surface area contributed by atoms with Gasteiger partial charge in [0.05, 0.1) is 23.1 Å². The maximum absolute atomic E-state index is 13.0. The van der Waals surface area contributed by atoms with E-state index in [1.54, 1.807) is 29.2 Å². The zero-order valence-corrected chi connectivity index (χ0v) is 23.9. The molecule has 5 rings (SSSR count). The molecule has 0 aromatic heterocycles. The second-order valence-electron chi connectivity index (χ2n) is 10.2. The number of nitrogens with zero attached hydrogens (tertiary/aromatic N) is 2. The van der Waals surface area contributed by atoms with E-state index in [1.807, 2.05) is 61.5 Å². The molecule has 0 unspecified atom stereocenters. The number of carboxylic acid groups (broad SMARTS) is 1. The second kappa shape index (κ2) is 13.5. The molecule has 1 heterocycles. The number of hydrogen-bond donors (Lipinski definition) is 1. The van der Waals surface area contributed by atoms with Crippen LogP contribution in [0.1, 0.15) is 55.7 Å². The molecule has 212 valence electrons. The lowest BCUT2D eigenvalue weighted by molar-refractivity contribution is -0.136. The number of carboxylic acids is 1. The van der Waals surface area contributed by atoms with Gasteiger partial charge >= 0.3 is 5.97 Å². The molecule has 1 aliphatic heterocycles. The van der Waals surface area contributed by atoms with Gasteiger partial charge in [-0.05, 0) is 104 Å². The third-order valence-electron chi connectivity index (χ3n) is 7.08. The average Bonchev–Trinajstić information content (AvgIpc) is 3.27. The monoisotopic (exact) mass is 570 g/mol. The molecule has 1 saturated carbocycles. The van der Waals surface area contributed by atoms with Crippen molar-refractivity contribution in [2.75, 3.05) is 6.54 Å². The molecule has 1 saturated heterocycles. The van der Waals surface area contributed by atoms with E-state index in [4.69, 9.17) is 14.6 Å². The Bertz CT molecular complexity index is 1410. The fourth-order valence-corrected chi connectivity index (χ4v) is 5.92. The van der Waals surface area contributed by atoms with Crippen molar-refractivity contribution >= 4 is 40.6 Å². The Morgan fingerprint density at radius 1 is 0.951 bits per heavy atom. The molecule has 7 nitrogen and oxygen atoms in total. The van der Waals surface area contributed by atoms with Crippen molar-refractivity contribution in [3.8, 4) is 11.5 Å². The smallest absolute Gasteiger partial charge is 0.307 e. The van der Waals surface area contributed by atoms with Gasteiger partial charge in [-0.3, -0.25) is 14.5 Å². The lowest BCUT2D eigenvalue weighted by Crippen LogP contribution is -2.28. The lowest BCUT2D eigenvalue weighted by Gasteiger charge is -2.23. The van der Waals surface area contributed by atoms with E-state index in [2.05, 4.69) is 4.99 Å². The van der Waals surface area contributed by atoms with Crippen molar-refractivity contribution in [3.63, 3.8) is 0 Å². The molecule has 1 amide bonds. The van der Waals surface area contributed by atoms with E-state index in [1.165, 1.54) is 31.0 Å². The van der Waals surface area contributed by atoms with Gasteiger partial charge in [0.1, 0.15) is 18.1 Å². The SMILES string of the molecule is CCN1C(=O)C(=Cc2ccc(OCc3ccc(OC4CCCCC4)cc3)cc2)SC1=Nc1ccc(CC(=O)O)cc1. The highest BCUT2D eigenvalue weighted by Crippen LogP contribution is 2.34. The summed E-state index contributed by atoms with van der Waals surface area (Å²) in [6.45, 7) is 2.87. The summed E-state index contributed by atoms with van der Waals surface area (Å²) in [5, 5.41) is 9.56. The first-order valence-corrected chi connectivity index (χ1v) is 14.9. The van der Waals surface area contributed by atoms with Crippen molar-refractivity contribution in [3.05, 3.63) is 94.4 Å². The maximum Gasteiger partial charge on any atom is 0.307 e. The Kier molecular flexibility index (Phi) is 9.41. The Morgan fingerprint density at radius 3 is 2.27 bits per heavy atom. The fraction of sp³-hybridized carbons (Fsp3) is 0.303. The summed E-state index contributed by atoms with van der Waals surface area (Å²) in [5.74, 6) is 0.706. The number of aliphatic imine (C=N–C) groups is 1. The average molecular weight is 571 g/mol. The number of thioether (sulfide) groups is 1. The lowest BCUT2D eigenvalue weighted by atomic mass is 9.98. The number of amidine groups is 1. The minimum Gasteiger partial charge on any atom is -0.490 e. The topological polar surface area (TPSA) is 88.4 Å². The predicted octanol–water partition coefficient (Wildman–Crippen LogP) is 7.23. The van der Waals surface area contributed by atoms with Crippen LogP contribution in [0.5, 0.6) is 11.5 Å². The van der Waals surface area contributed by atoms with Gasteiger partial charge in [0.25, 0.3) is 5.91 Å². The fourth-order valence-electron chi connectivity index (χ4n) is 4.86. The quantitative estimate of drug-likeness (QED) is 0.259. The van der Waals surface area contributed by atoms with E-state index in [0.29, 0.717) is 40.6 Å².